The molecule has 0 atom stereocenters. The molecule has 0 radical (unpaired) electrons. The lowest BCUT2D eigenvalue weighted by Crippen LogP contribution is -2.11. The molecule has 0 saturated carbocycles. The number of aryl methyl sites for hydroxylation is 1. The van der Waals surface area contributed by atoms with Crippen molar-refractivity contribution in [2.24, 2.45) is 0 Å². The number of carbonyl (C=O) groups is 1. The Labute approximate surface area is 105 Å². The lowest BCUT2D eigenvalue weighted by Gasteiger charge is -2.09. The van der Waals surface area contributed by atoms with Gasteiger partial charge in [-0.2, -0.15) is 0 Å². The summed E-state index contributed by atoms with van der Waals surface area (Å²) in [6.45, 7) is 3.38. The van der Waals surface area contributed by atoms with E-state index >= 15 is 0 Å². The molecular formula is C10H10F2INO2. The van der Waals surface area contributed by atoms with Gasteiger partial charge in [-0.1, -0.05) is 0 Å². The molecule has 3 nitrogen and oxygen atoms in total. The van der Waals surface area contributed by atoms with E-state index < -0.39 is 18.1 Å². The van der Waals surface area contributed by atoms with Crippen LogP contribution in [0.5, 0.6) is 0 Å². The highest BCUT2D eigenvalue weighted by molar-refractivity contribution is 14.1. The number of ether oxygens (including phenoxy) is 1. The van der Waals surface area contributed by atoms with Crippen LogP contribution in [-0.4, -0.2) is 17.6 Å². The van der Waals surface area contributed by atoms with Crippen molar-refractivity contribution in [1.29, 1.82) is 0 Å². The highest BCUT2D eigenvalue weighted by atomic mass is 127. The third-order valence-corrected chi connectivity index (χ3v) is 2.97. The van der Waals surface area contributed by atoms with E-state index in [1.165, 1.54) is 6.07 Å². The summed E-state index contributed by atoms with van der Waals surface area (Å²) >= 11 is 1.94. The molecule has 88 valence electrons. The Kier molecular flexibility index (Phi) is 4.57. The third kappa shape index (κ3) is 2.87. The fourth-order valence-corrected chi connectivity index (χ4v) is 1.57. The zero-order valence-corrected chi connectivity index (χ0v) is 10.9. The zero-order chi connectivity index (χ0) is 12.3. The maximum absolute atomic E-state index is 12.7. The number of rotatable bonds is 3. The summed E-state index contributed by atoms with van der Waals surface area (Å²) in [7, 11) is 0. The van der Waals surface area contributed by atoms with Crippen LogP contribution in [0.4, 0.5) is 8.78 Å². The number of hydrogen-bond donors (Lipinski definition) is 0. The van der Waals surface area contributed by atoms with Crippen LogP contribution in [0.15, 0.2) is 6.07 Å². The summed E-state index contributed by atoms with van der Waals surface area (Å²) in [6, 6.07) is 1.38. The van der Waals surface area contributed by atoms with Gasteiger partial charge >= 0.3 is 5.97 Å². The zero-order valence-electron chi connectivity index (χ0n) is 8.76. The monoisotopic (exact) mass is 341 g/mol. The van der Waals surface area contributed by atoms with Gasteiger partial charge in [-0.25, -0.2) is 13.6 Å². The van der Waals surface area contributed by atoms with Gasteiger partial charge in [-0.15, -0.1) is 0 Å². The number of nitrogens with zero attached hydrogens (tertiary/aromatic N) is 1. The first-order chi connectivity index (χ1) is 7.47. The predicted octanol–water partition coefficient (Wildman–Crippen LogP) is 3.11. The Morgan fingerprint density at radius 3 is 2.75 bits per heavy atom. The Bertz CT molecular complexity index is 410. The number of pyridine rings is 1. The molecule has 1 aromatic heterocycles. The Morgan fingerprint density at radius 1 is 1.62 bits per heavy atom. The van der Waals surface area contributed by atoms with Crippen molar-refractivity contribution in [3.05, 3.63) is 26.6 Å². The Hall–Kier alpha value is -0.790. The quantitative estimate of drug-likeness (QED) is 0.627. The molecule has 0 aliphatic rings. The SMILES string of the molecule is CCOC(=O)c1cc(I)c(C)nc1C(F)F. The van der Waals surface area contributed by atoms with E-state index in [2.05, 4.69) is 4.98 Å². The lowest BCUT2D eigenvalue weighted by atomic mass is 10.2. The average molecular weight is 341 g/mol. The molecule has 0 aliphatic heterocycles. The first-order valence-electron chi connectivity index (χ1n) is 4.59. The molecule has 0 aliphatic carbocycles. The smallest absolute Gasteiger partial charge is 0.340 e. The van der Waals surface area contributed by atoms with Crippen LogP contribution in [0.1, 0.15) is 35.1 Å². The first kappa shape index (κ1) is 13.3. The topological polar surface area (TPSA) is 39.2 Å². The van der Waals surface area contributed by atoms with E-state index in [-0.39, 0.29) is 12.2 Å². The molecular weight excluding hydrogens is 331 g/mol. The normalized spacial score (nSPS) is 10.6. The molecule has 0 unspecified atom stereocenters. The minimum absolute atomic E-state index is 0.145. The van der Waals surface area contributed by atoms with Gasteiger partial charge in [0.15, 0.2) is 0 Å². The molecule has 1 heterocycles. The van der Waals surface area contributed by atoms with Gasteiger partial charge in [0, 0.05) is 3.57 Å². The second-order valence-corrected chi connectivity index (χ2v) is 4.17. The van der Waals surface area contributed by atoms with E-state index in [0.29, 0.717) is 9.26 Å². The standard InChI is InChI=1S/C10H10F2INO2/c1-3-16-10(15)6-4-7(13)5(2)14-8(6)9(11)12/h4,9H,3H2,1-2H3. The minimum Gasteiger partial charge on any atom is -0.462 e. The van der Waals surface area contributed by atoms with Gasteiger partial charge in [0.05, 0.1) is 17.9 Å². The van der Waals surface area contributed by atoms with Crippen LogP contribution in [0.25, 0.3) is 0 Å². The fraction of sp³-hybridized carbons (Fsp3) is 0.400. The van der Waals surface area contributed by atoms with Gasteiger partial charge in [0.25, 0.3) is 6.43 Å². The first-order valence-corrected chi connectivity index (χ1v) is 5.67. The number of esters is 1. The molecule has 0 fully saturated rings. The van der Waals surface area contributed by atoms with E-state index in [0.717, 1.165) is 0 Å². The highest BCUT2D eigenvalue weighted by Crippen LogP contribution is 2.24. The van der Waals surface area contributed by atoms with E-state index in [1.807, 2.05) is 22.6 Å². The minimum atomic E-state index is -2.78. The van der Waals surface area contributed by atoms with Crippen molar-refractivity contribution >= 4 is 28.6 Å². The summed E-state index contributed by atoms with van der Waals surface area (Å²) < 4.78 is 30.7. The summed E-state index contributed by atoms with van der Waals surface area (Å²) in [5.74, 6) is -0.761. The molecule has 1 aromatic rings. The molecule has 0 amide bonds. The average Bonchev–Trinajstić information content (AvgIpc) is 2.21. The van der Waals surface area contributed by atoms with Crippen molar-refractivity contribution in [2.45, 2.75) is 20.3 Å². The number of halogens is 3. The molecule has 6 heteroatoms. The summed E-state index contributed by atoms with van der Waals surface area (Å²) in [5.41, 5.74) is -0.202. The third-order valence-electron chi connectivity index (χ3n) is 1.88. The van der Waals surface area contributed by atoms with E-state index in [1.54, 1.807) is 13.8 Å². The number of aromatic nitrogens is 1. The number of hydrogen-bond acceptors (Lipinski definition) is 3. The molecule has 0 N–H and O–H groups in total. The molecule has 16 heavy (non-hydrogen) atoms. The van der Waals surface area contributed by atoms with Crippen LogP contribution in [0.2, 0.25) is 0 Å². The van der Waals surface area contributed by atoms with Crippen LogP contribution in [0.3, 0.4) is 0 Å². The second-order valence-electron chi connectivity index (χ2n) is 3.01. The van der Waals surface area contributed by atoms with E-state index in [9.17, 15) is 13.6 Å². The predicted molar refractivity (Wildman–Crippen MR) is 62.6 cm³/mol. The Balaban J connectivity index is 3.24. The summed E-state index contributed by atoms with van der Waals surface area (Å²) in [4.78, 5) is 15.2. The second kappa shape index (κ2) is 5.51. The van der Waals surface area contributed by atoms with Crippen LogP contribution in [-0.2, 0) is 4.74 Å². The van der Waals surface area contributed by atoms with Crippen molar-refractivity contribution in [3.63, 3.8) is 0 Å². The van der Waals surface area contributed by atoms with Crippen LogP contribution < -0.4 is 0 Å². The van der Waals surface area contributed by atoms with Gasteiger partial charge in [0.1, 0.15) is 5.69 Å². The lowest BCUT2D eigenvalue weighted by molar-refractivity contribution is 0.0513. The van der Waals surface area contributed by atoms with Crippen molar-refractivity contribution in [1.82, 2.24) is 4.98 Å². The Morgan fingerprint density at radius 2 is 2.25 bits per heavy atom. The number of alkyl halides is 2. The fourth-order valence-electron chi connectivity index (χ4n) is 1.14. The summed E-state index contributed by atoms with van der Waals surface area (Å²) in [6.07, 6.45) is -2.78. The van der Waals surface area contributed by atoms with Crippen LogP contribution >= 0.6 is 22.6 Å². The summed E-state index contributed by atoms with van der Waals surface area (Å²) in [5, 5.41) is 0. The molecule has 0 saturated heterocycles. The van der Waals surface area contributed by atoms with E-state index in [4.69, 9.17) is 4.74 Å². The van der Waals surface area contributed by atoms with Crippen LogP contribution in [0, 0.1) is 10.5 Å². The van der Waals surface area contributed by atoms with Crippen molar-refractivity contribution < 1.29 is 18.3 Å². The van der Waals surface area contributed by atoms with Crippen molar-refractivity contribution in [3.8, 4) is 0 Å². The molecule has 0 spiro atoms. The van der Waals surface area contributed by atoms with Gasteiger partial charge in [-0.3, -0.25) is 4.98 Å². The highest BCUT2D eigenvalue weighted by Gasteiger charge is 2.22. The molecule has 1 rings (SSSR count). The van der Waals surface area contributed by atoms with Crippen molar-refractivity contribution in [2.75, 3.05) is 6.61 Å². The molecule has 0 bridgehead atoms. The molecule has 0 aromatic carbocycles. The van der Waals surface area contributed by atoms with Gasteiger partial charge in [-0.05, 0) is 42.5 Å². The van der Waals surface area contributed by atoms with Gasteiger partial charge < -0.3 is 4.74 Å². The maximum atomic E-state index is 12.7. The van der Waals surface area contributed by atoms with Gasteiger partial charge in [0.2, 0.25) is 0 Å². The maximum Gasteiger partial charge on any atom is 0.340 e. The number of carbonyl (C=O) groups excluding carboxylic acids is 1. The largest absolute Gasteiger partial charge is 0.462 e.